The van der Waals surface area contributed by atoms with E-state index in [9.17, 15) is 9.59 Å². The Balaban J connectivity index is 2.10. The van der Waals surface area contributed by atoms with Gasteiger partial charge in [-0.05, 0) is 61.5 Å². The van der Waals surface area contributed by atoms with Gasteiger partial charge in [0, 0.05) is 43.3 Å². The summed E-state index contributed by atoms with van der Waals surface area (Å²) < 4.78 is 0. The fraction of sp³-hybridized carbons (Fsp3) is 0.364. The van der Waals surface area contributed by atoms with Crippen molar-refractivity contribution in [2.75, 3.05) is 37.4 Å². The van der Waals surface area contributed by atoms with E-state index in [-0.39, 0.29) is 11.1 Å². The molecule has 6 heteroatoms. The molecule has 0 bridgehead atoms. The smallest absolute Gasteiger partial charge is 0.286 e. The Morgan fingerprint density at radius 3 is 2.29 bits per heavy atom. The van der Waals surface area contributed by atoms with Gasteiger partial charge in [0.2, 0.25) is 0 Å². The first kappa shape index (κ1) is 21.8. The third-order valence-electron chi connectivity index (χ3n) is 4.36. The number of carbonyl (C=O) groups is 2. The molecular formula is C22H29N3O2S. The van der Waals surface area contributed by atoms with Gasteiger partial charge in [0.1, 0.15) is 0 Å². The molecule has 0 saturated heterocycles. The van der Waals surface area contributed by atoms with Crippen molar-refractivity contribution in [3.8, 4) is 0 Å². The van der Waals surface area contributed by atoms with Crippen LogP contribution in [0.3, 0.4) is 0 Å². The van der Waals surface area contributed by atoms with Crippen molar-refractivity contribution >= 4 is 34.3 Å². The van der Waals surface area contributed by atoms with Crippen LogP contribution < -0.4 is 10.2 Å². The molecule has 2 amide bonds. The standard InChI is InChI=1S/C22H29N3O2S/c1-5-7-16-25(6-2)18-14-12-17(13-15-18)21(26)23-19-10-8-9-11-20(19)28-22(27)24(3)4/h8-15H,5-7,16H2,1-4H3,(H,23,26). The highest BCUT2D eigenvalue weighted by atomic mass is 32.2. The largest absolute Gasteiger partial charge is 0.372 e. The van der Waals surface area contributed by atoms with Crippen LogP contribution in [-0.2, 0) is 0 Å². The topological polar surface area (TPSA) is 52.7 Å². The number of para-hydroxylation sites is 1. The third kappa shape index (κ3) is 6.02. The van der Waals surface area contributed by atoms with E-state index in [0.717, 1.165) is 48.3 Å². The number of hydrogen-bond donors (Lipinski definition) is 1. The minimum Gasteiger partial charge on any atom is -0.372 e. The summed E-state index contributed by atoms with van der Waals surface area (Å²) in [5, 5.41) is 2.84. The SMILES string of the molecule is CCCCN(CC)c1ccc(C(=O)Nc2ccccc2SC(=O)N(C)C)cc1. The van der Waals surface area contributed by atoms with Crippen molar-refractivity contribution < 1.29 is 9.59 Å². The minimum absolute atomic E-state index is 0.0854. The lowest BCUT2D eigenvalue weighted by molar-refractivity contribution is 0.102. The van der Waals surface area contributed by atoms with E-state index >= 15 is 0 Å². The highest BCUT2D eigenvalue weighted by Gasteiger charge is 2.14. The van der Waals surface area contributed by atoms with E-state index in [0.29, 0.717) is 11.3 Å². The first-order valence-electron chi connectivity index (χ1n) is 9.60. The van der Waals surface area contributed by atoms with E-state index in [1.54, 1.807) is 20.2 Å². The van der Waals surface area contributed by atoms with Gasteiger partial charge in [-0.1, -0.05) is 25.5 Å². The van der Waals surface area contributed by atoms with Gasteiger partial charge in [-0.2, -0.15) is 0 Å². The van der Waals surface area contributed by atoms with E-state index in [1.165, 1.54) is 4.90 Å². The molecule has 1 N–H and O–H groups in total. The first-order chi connectivity index (χ1) is 13.5. The van der Waals surface area contributed by atoms with E-state index in [1.807, 2.05) is 42.5 Å². The Kier molecular flexibility index (Phi) is 8.39. The molecule has 2 aromatic rings. The van der Waals surface area contributed by atoms with Crippen molar-refractivity contribution in [2.45, 2.75) is 31.6 Å². The van der Waals surface area contributed by atoms with Crippen molar-refractivity contribution in [1.29, 1.82) is 0 Å². The predicted molar refractivity (Wildman–Crippen MR) is 119 cm³/mol. The summed E-state index contributed by atoms with van der Waals surface area (Å²) in [5.74, 6) is -0.187. The number of nitrogens with zero attached hydrogens (tertiary/aromatic N) is 2. The number of benzene rings is 2. The number of amides is 2. The van der Waals surface area contributed by atoms with Gasteiger partial charge in [-0.3, -0.25) is 9.59 Å². The van der Waals surface area contributed by atoms with Crippen LogP contribution in [0.4, 0.5) is 16.2 Å². The minimum atomic E-state index is -0.187. The molecule has 0 radical (unpaired) electrons. The Hall–Kier alpha value is -2.47. The van der Waals surface area contributed by atoms with Crippen LogP contribution in [0.5, 0.6) is 0 Å². The fourth-order valence-electron chi connectivity index (χ4n) is 2.68. The van der Waals surface area contributed by atoms with Gasteiger partial charge < -0.3 is 15.1 Å². The molecule has 0 aliphatic rings. The third-order valence-corrected chi connectivity index (χ3v) is 5.47. The summed E-state index contributed by atoms with van der Waals surface area (Å²) in [4.78, 5) is 29.2. The average molecular weight is 400 g/mol. The molecule has 0 aliphatic heterocycles. The maximum Gasteiger partial charge on any atom is 0.286 e. The van der Waals surface area contributed by atoms with Crippen LogP contribution in [0.15, 0.2) is 53.4 Å². The van der Waals surface area contributed by atoms with Gasteiger partial charge in [0.15, 0.2) is 0 Å². The number of thioether (sulfide) groups is 1. The molecule has 0 aromatic heterocycles. The number of nitrogens with one attached hydrogen (secondary N) is 1. The monoisotopic (exact) mass is 399 g/mol. The molecule has 2 rings (SSSR count). The lowest BCUT2D eigenvalue weighted by atomic mass is 10.1. The van der Waals surface area contributed by atoms with Crippen LogP contribution in [0.2, 0.25) is 0 Å². The summed E-state index contributed by atoms with van der Waals surface area (Å²) in [6, 6.07) is 15.0. The maximum atomic E-state index is 12.7. The molecule has 28 heavy (non-hydrogen) atoms. The second kappa shape index (κ2) is 10.8. The van der Waals surface area contributed by atoms with E-state index < -0.39 is 0 Å². The second-order valence-corrected chi connectivity index (χ2v) is 7.69. The zero-order valence-corrected chi connectivity index (χ0v) is 17.9. The van der Waals surface area contributed by atoms with E-state index in [4.69, 9.17) is 0 Å². The quantitative estimate of drug-likeness (QED) is 0.609. The number of hydrogen-bond acceptors (Lipinski definition) is 4. The molecule has 0 fully saturated rings. The summed E-state index contributed by atoms with van der Waals surface area (Å²) in [6.07, 6.45) is 2.31. The molecule has 5 nitrogen and oxygen atoms in total. The van der Waals surface area contributed by atoms with Crippen LogP contribution in [-0.4, -0.2) is 43.2 Å². The van der Waals surface area contributed by atoms with Gasteiger partial charge in [0.25, 0.3) is 11.1 Å². The predicted octanol–water partition coefficient (Wildman–Crippen LogP) is 5.34. The molecule has 0 unspecified atom stereocenters. The summed E-state index contributed by atoms with van der Waals surface area (Å²) in [6.45, 7) is 6.28. The summed E-state index contributed by atoms with van der Waals surface area (Å²) >= 11 is 1.10. The Morgan fingerprint density at radius 1 is 1.00 bits per heavy atom. The Labute approximate surface area is 172 Å². The van der Waals surface area contributed by atoms with Crippen LogP contribution in [0.1, 0.15) is 37.0 Å². The number of anilines is 2. The first-order valence-corrected chi connectivity index (χ1v) is 10.4. The van der Waals surface area contributed by atoms with Crippen LogP contribution >= 0.6 is 11.8 Å². The van der Waals surface area contributed by atoms with Crippen molar-refractivity contribution in [3.63, 3.8) is 0 Å². The Bertz CT molecular complexity index is 791. The van der Waals surface area contributed by atoms with Gasteiger partial charge in [0.05, 0.1) is 5.69 Å². The molecule has 0 spiro atoms. The second-order valence-electron chi connectivity index (χ2n) is 6.69. The van der Waals surface area contributed by atoms with Crippen molar-refractivity contribution in [2.24, 2.45) is 0 Å². The normalized spacial score (nSPS) is 10.4. The zero-order chi connectivity index (χ0) is 20.5. The molecule has 0 atom stereocenters. The molecule has 150 valence electrons. The molecular weight excluding hydrogens is 370 g/mol. The Morgan fingerprint density at radius 2 is 1.68 bits per heavy atom. The lowest BCUT2D eigenvalue weighted by Crippen LogP contribution is -2.23. The zero-order valence-electron chi connectivity index (χ0n) is 17.1. The molecule has 2 aromatic carbocycles. The van der Waals surface area contributed by atoms with Crippen molar-refractivity contribution in [3.05, 3.63) is 54.1 Å². The van der Waals surface area contributed by atoms with Crippen molar-refractivity contribution in [1.82, 2.24) is 4.90 Å². The summed E-state index contributed by atoms with van der Waals surface area (Å²) in [7, 11) is 3.41. The summed E-state index contributed by atoms with van der Waals surface area (Å²) in [5.41, 5.74) is 2.35. The molecule has 0 saturated carbocycles. The van der Waals surface area contributed by atoms with Gasteiger partial charge in [-0.25, -0.2) is 0 Å². The van der Waals surface area contributed by atoms with Gasteiger partial charge in [-0.15, -0.1) is 0 Å². The highest BCUT2D eigenvalue weighted by molar-refractivity contribution is 8.13. The maximum absolute atomic E-state index is 12.7. The fourth-order valence-corrected chi connectivity index (χ4v) is 3.43. The van der Waals surface area contributed by atoms with E-state index in [2.05, 4.69) is 24.1 Å². The number of rotatable bonds is 8. The van der Waals surface area contributed by atoms with Crippen LogP contribution in [0.25, 0.3) is 0 Å². The highest BCUT2D eigenvalue weighted by Crippen LogP contribution is 2.29. The average Bonchev–Trinajstić information content (AvgIpc) is 2.70. The lowest BCUT2D eigenvalue weighted by Gasteiger charge is -2.23. The molecule has 0 aliphatic carbocycles. The molecule has 0 heterocycles. The number of carbonyl (C=O) groups excluding carboxylic acids is 2. The van der Waals surface area contributed by atoms with Crippen LogP contribution in [0, 0.1) is 0 Å². The van der Waals surface area contributed by atoms with Gasteiger partial charge >= 0.3 is 0 Å². The number of unbranched alkanes of at least 4 members (excludes halogenated alkanes) is 1.